The zero-order chi connectivity index (χ0) is 17.6. The molecule has 0 spiro atoms. The number of hydrogen-bond acceptors (Lipinski definition) is 0. The van der Waals surface area contributed by atoms with Gasteiger partial charge in [-0.1, -0.05) is 149 Å². The van der Waals surface area contributed by atoms with Crippen molar-refractivity contribution in [1.29, 1.82) is 0 Å². The molecule has 0 aromatic rings. The van der Waals surface area contributed by atoms with E-state index in [1.807, 2.05) is 0 Å². The molecular formula is C24H49. The smallest absolute Gasteiger partial charge is 0.0386 e. The van der Waals surface area contributed by atoms with Crippen molar-refractivity contribution in [3.8, 4) is 0 Å². The Morgan fingerprint density at radius 1 is 0.333 bits per heavy atom. The van der Waals surface area contributed by atoms with Crippen LogP contribution >= 0.6 is 0 Å². The molecule has 0 aliphatic carbocycles. The van der Waals surface area contributed by atoms with Gasteiger partial charge in [0.2, 0.25) is 0 Å². The topological polar surface area (TPSA) is 0 Å². The summed E-state index contributed by atoms with van der Waals surface area (Å²) in [5, 5.41) is 0. The second-order valence-corrected chi connectivity index (χ2v) is 7.88. The van der Waals surface area contributed by atoms with Crippen molar-refractivity contribution in [1.82, 2.24) is 0 Å². The van der Waals surface area contributed by atoms with Crippen molar-refractivity contribution in [3.05, 3.63) is 6.42 Å². The minimum atomic E-state index is 1.36. The summed E-state index contributed by atoms with van der Waals surface area (Å²) in [5.74, 6) is 0. The summed E-state index contributed by atoms with van der Waals surface area (Å²) in [6, 6.07) is 0. The van der Waals surface area contributed by atoms with Crippen LogP contribution in [0.2, 0.25) is 0 Å². The molecule has 0 rings (SSSR count). The lowest BCUT2D eigenvalue weighted by Gasteiger charge is -2.04. The third-order valence-corrected chi connectivity index (χ3v) is 5.27. The van der Waals surface area contributed by atoms with Gasteiger partial charge >= 0.3 is 0 Å². The summed E-state index contributed by atoms with van der Waals surface area (Å²) in [5.41, 5.74) is 0. The Bertz CT molecular complexity index is 174. The number of rotatable bonds is 21. The van der Waals surface area contributed by atoms with E-state index in [2.05, 4.69) is 20.3 Å². The molecule has 0 heterocycles. The molecule has 0 atom stereocenters. The van der Waals surface area contributed by atoms with Crippen LogP contribution in [0.4, 0.5) is 0 Å². The predicted molar refractivity (Wildman–Crippen MR) is 113 cm³/mol. The summed E-state index contributed by atoms with van der Waals surface area (Å²) in [6.45, 7) is 4.59. The number of hydrogen-bond donors (Lipinski definition) is 0. The van der Waals surface area contributed by atoms with Crippen molar-refractivity contribution >= 4 is 0 Å². The maximum Gasteiger partial charge on any atom is -0.0386 e. The van der Waals surface area contributed by atoms with Crippen molar-refractivity contribution in [3.63, 3.8) is 0 Å². The fraction of sp³-hybridized carbons (Fsp3) is 0.958. The highest BCUT2D eigenvalue weighted by molar-refractivity contribution is 4.64. The quantitative estimate of drug-likeness (QED) is 0.183. The van der Waals surface area contributed by atoms with Gasteiger partial charge in [-0.25, -0.2) is 0 Å². The molecule has 0 amide bonds. The average molecular weight is 338 g/mol. The van der Waals surface area contributed by atoms with Crippen molar-refractivity contribution in [2.45, 2.75) is 149 Å². The molecule has 0 unspecified atom stereocenters. The van der Waals surface area contributed by atoms with Crippen LogP contribution in [0.25, 0.3) is 0 Å². The zero-order valence-corrected chi connectivity index (χ0v) is 17.4. The van der Waals surface area contributed by atoms with Crippen molar-refractivity contribution in [2.24, 2.45) is 0 Å². The van der Waals surface area contributed by atoms with E-state index in [1.54, 1.807) is 0 Å². The molecule has 1 radical (unpaired) electrons. The van der Waals surface area contributed by atoms with Crippen LogP contribution in [0.3, 0.4) is 0 Å². The first-order chi connectivity index (χ1) is 11.9. The summed E-state index contributed by atoms with van der Waals surface area (Å²) >= 11 is 0. The van der Waals surface area contributed by atoms with E-state index < -0.39 is 0 Å². The molecule has 0 fully saturated rings. The van der Waals surface area contributed by atoms with Crippen LogP contribution in [0.15, 0.2) is 0 Å². The summed E-state index contributed by atoms with van der Waals surface area (Å²) in [7, 11) is 0. The van der Waals surface area contributed by atoms with Gasteiger partial charge in [-0.3, -0.25) is 0 Å². The molecule has 0 saturated heterocycles. The molecule has 145 valence electrons. The molecule has 0 N–H and O–H groups in total. The fourth-order valence-corrected chi connectivity index (χ4v) is 3.52. The second-order valence-electron chi connectivity index (χ2n) is 7.88. The largest absolute Gasteiger partial charge is 0.0654 e. The Morgan fingerprint density at radius 3 is 0.917 bits per heavy atom. The molecular weight excluding hydrogens is 288 g/mol. The van der Waals surface area contributed by atoms with Gasteiger partial charge in [0.05, 0.1) is 0 Å². The molecule has 0 aliphatic heterocycles. The van der Waals surface area contributed by atoms with E-state index in [9.17, 15) is 0 Å². The van der Waals surface area contributed by atoms with E-state index in [1.165, 1.54) is 135 Å². The lowest BCUT2D eigenvalue weighted by molar-refractivity contribution is 0.531. The van der Waals surface area contributed by atoms with Gasteiger partial charge in [0.15, 0.2) is 0 Å². The van der Waals surface area contributed by atoms with Crippen LogP contribution in [-0.2, 0) is 0 Å². The lowest BCUT2D eigenvalue weighted by atomic mass is 10.0. The van der Waals surface area contributed by atoms with E-state index >= 15 is 0 Å². The molecule has 0 aliphatic rings. The van der Waals surface area contributed by atoms with Crippen LogP contribution in [0.5, 0.6) is 0 Å². The summed E-state index contributed by atoms with van der Waals surface area (Å²) in [6.07, 6.45) is 32.9. The molecule has 0 saturated carbocycles. The maximum atomic E-state index is 2.54. The van der Waals surface area contributed by atoms with E-state index in [0.29, 0.717) is 0 Å². The normalized spacial score (nSPS) is 11.2. The first-order valence-corrected chi connectivity index (χ1v) is 11.7. The van der Waals surface area contributed by atoms with Crippen LogP contribution in [0, 0.1) is 6.42 Å². The van der Waals surface area contributed by atoms with Gasteiger partial charge in [-0.2, -0.15) is 0 Å². The highest BCUT2D eigenvalue weighted by Crippen LogP contribution is 2.14. The third-order valence-electron chi connectivity index (χ3n) is 5.27. The summed E-state index contributed by atoms with van der Waals surface area (Å²) < 4.78 is 0. The van der Waals surface area contributed by atoms with Gasteiger partial charge in [0, 0.05) is 0 Å². The van der Waals surface area contributed by atoms with Gasteiger partial charge < -0.3 is 0 Å². The fourth-order valence-electron chi connectivity index (χ4n) is 3.52. The average Bonchev–Trinajstić information content (AvgIpc) is 2.60. The highest BCUT2D eigenvalue weighted by Gasteiger charge is 1.95. The van der Waals surface area contributed by atoms with Gasteiger partial charge in [0.25, 0.3) is 0 Å². The van der Waals surface area contributed by atoms with Crippen LogP contribution in [-0.4, -0.2) is 0 Å². The minimum Gasteiger partial charge on any atom is -0.0654 e. The standard InChI is InChI=1S/C24H49/c1-3-5-7-9-11-13-15-17-19-21-23-24-22-20-18-16-14-12-10-8-6-4-2/h13H,3-12,14-24H2,1-2H3. The maximum absolute atomic E-state index is 2.54. The number of unbranched alkanes of at least 4 members (excludes halogenated alkanes) is 21. The second kappa shape index (κ2) is 23.0. The van der Waals surface area contributed by atoms with Gasteiger partial charge in [-0.15, -0.1) is 0 Å². The SMILES string of the molecule is CCCCCC[CH]CCCCCCCCCCCCCCCCC. The van der Waals surface area contributed by atoms with Crippen LogP contribution < -0.4 is 0 Å². The monoisotopic (exact) mass is 337 g/mol. The molecule has 0 bridgehead atoms. The zero-order valence-electron chi connectivity index (χ0n) is 17.4. The van der Waals surface area contributed by atoms with Crippen LogP contribution in [0.1, 0.15) is 149 Å². The first kappa shape index (κ1) is 24.0. The first-order valence-electron chi connectivity index (χ1n) is 11.7. The van der Waals surface area contributed by atoms with E-state index in [0.717, 1.165) is 0 Å². The molecule has 0 nitrogen and oxygen atoms in total. The van der Waals surface area contributed by atoms with Gasteiger partial charge in [-0.05, 0) is 6.42 Å². The molecule has 0 aromatic heterocycles. The molecule has 0 heteroatoms. The predicted octanol–water partition coefficient (Wildman–Crippen LogP) is 9.42. The Labute approximate surface area is 155 Å². The summed E-state index contributed by atoms with van der Waals surface area (Å²) in [4.78, 5) is 0. The Kier molecular flexibility index (Phi) is 23.0. The highest BCUT2D eigenvalue weighted by atomic mass is 14.0. The van der Waals surface area contributed by atoms with Gasteiger partial charge in [0.1, 0.15) is 0 Å². The molecule has 24 heavy (non-hydrogen) atoms. The Balaban J connectivity index is 2.93. The van der Waals surface area contributed by atoms with E-state index in [-0.39, 0.29) is 0 Å². The Morgan fingerprint density at radius 2 is 0.583 bits per heavy atom. The molecule has 0 aromatic carbocycles. The Hall–Kier alpha value is 0. The van der Waals surface area contributed by atoms with E-state index in [4.69, 9.17) is 0 Å². The lowest BCUT2D eigenvalue weighted by Crippen LogP contribution is -1.84. The minimum absolute atomic E-state index is 1.36. The van der Waals surface area contributed by atoms with Crippen molar-refractivity contribution < 1.29 is 0 Å². The third kappa shape index (κ3) is 22.0. The van der Waals surface area contributed by atoms with Crippen molar-refractivity contribution in [2.75, 3.05) is 0 Å².